The highest BCUT2D eigenvalue weighted by atomic mass is 14.3. The lowest BCUT2D eigenvalue weighted by molar-refractivity contribution is 0.658. The Balaban J connectivity index is 2.42. The quantitative estimate of drug-likeness (QED) is 0.635. The van der Waals surface area contributed by atoms with Crippen LogP contribution < -0.4 is 0 Å². The van der Waals surface area contributed by atoms with Gasteiger partial charge in [0.25, 0.3) is 0 Å². The molecule has 0 amide bonds. The number of hydrogen-bond acceptors (Lipinski definition) is 0. The van der Waals surface area contributed by atoms with Crippen LogP contribution in [-0.2, 0) is 0 Å². The van der Waals surface area contributed by atoms with Gasteiger partial charge >= 0.3 is 0 Å². The fraction of sp³-hybridized carbons (Fsp3) is 0.250. The predicted octanol–water partition coefficient (Wildman–Crippen LogP) is 4.40. The molecule has 82 valence electrons. The standard InChI is InChI=1S/C16H18/c1-4-14-12(2)9-7-11-16(14)15-10-6-5-8-13(15)3/h4-11,14,16H,1H2,2-3H3. The van der Waals surface area contributed by atoms with E-state index in [4.69, 9.17) is 0 Å². The van der Waals surface area contributed by atoms with Crippen LogP contribution in [0.1, 0.15) is 24.0 Å². The zero-order chi connectivity index (χ0) is 11.5. The maximum absolute atomic E-state index is 3.97. The minimum absolute atomic E-state index is 0.436. The molecule has 1 aromatic carbocycles. The summed E-state index contributed by atoms with van der Waals surface area (Å²) in [5.74, 6) is 0.884. The van der Waals surface area contributed by atoms with Gasteiger partial charge in [0.15, 0.2) is 0 Å². The smallest absolute Gasteiger partial charge is 0.0124 e. The molecule has 16 heavy (non-hydrogen) atoms. The van der Waals surface area contributed by atoms with Gasteiger partial charge in [0.1, 0.15) is 0 Å². The Kier molecular flexibility index (Phi) is 3.09. The van der Waals surface area contributed by atoms with E-state index in [1.807, 2.05) is 0 Å². The molecule has 0 aliphatic heterocycles. The van der Waals surface area contributed by atoms with Crippen molar-refractivity contribution in [2.45, 2.75) is 19.8 Å². The fourth-order valence-corrected chi connectivity index (χ4v) is 2.43. The molecule has 0 radical (unpaired) electrons. The number of allylic oxidation sites excluding steroid dienone is 5. The average Bonchev–Trinajstić information content (AvgIpc) is 2.29. The topological polar surface area (TPSA) is 0 Å². The Hall–Kier alpha value is -1.56. The lowest BCUT2D eigenvalue weighted by Crippen LogP contribution is -2.13. The second-order valence-corrected chi connectivity index (χ2v) is 4.44. The second-order valence-electron chi connectivity index (χ2n) is 4.44. The largest absolute Gasteiger partial charge is 0.102 e. The van der Waals surface area contributed by atoms with Gasteiger partial charge in [-0.15, -0.1) is 6.58 Å². The molecule has 0 N–H and O–H groups in total. The highest BCUT2D eigenvalue weighted by molar-refractivity contribution is 5.39. The van der Waals surface area contributed by atoms with Gasteiger partial charge in [0.05, 0.1) is 0 Å². The van der Waals surface area contributed by atoms with Gasteiger partial charge in [0, 0.05) is 11.8 Å². The van der Waals surface area contributed by atoms with Gasteiger partial charge in [-0.2, -0.15) is 0 Å². The minimum atomic E-state index is 0.436. The first kappa shape index (κ1) is 10.9. The van der Waals surface area contributed by atoms with E-state index in [2.05, 4.69) is 69.0 Å². The lowest BCUT2D eigenvalue weighted by atomic mass is 9.77. The van der Waals surface area contributed by atoms with Crippen LogP contribution in [0.15, 0.2) is 60.7 Å². The van der Waals surface area contributed by atoms with E-state index in [1.165, 1.54) is 16.7 Å². The van der Waals surface area contributed by atoms with Crippen LogP contribution in [0, 0.1) is 12.8 Å². The zero-order valence-electron chi connectivity index (χ0n) is 9.98. The highest BCUT2D eigenvalue weighted by Gasteiger charge is 2.22. The van der Waals surface area contributed by atoms with Crippen molar-refractivity contribution in [1.29, 1.82) is 0 Å². The summed E-state index contributed by atoms with van der Waals surface area (Å²) in [4.78, 5) is 0. The van der Waals surface area contributed by atoms with Crippen LogP contribution in [0.2, 0.25) is 0 Å². The van der Waals surface area contributed by atoms with E-state index in [1.54, 1.807) is 0 Å². The summed E-state index contributed by atoms with van der Waals surface area (Å²) in [6.45, 7) is 8.32. The van der Waals surface area contributed by atoms with Gasteiger partial charge in [-0.1, -0.05) is 54.1 Å². The van der Waals surface area contributed by atoms with Gasteiger partial charge in [-0.3, -0.25) is 0 Å². The first-order chi connectivity index (χ1) is 7.74. The summed E-state index contributed by atoms with van der Waals surface area (Å²) < 4.78 is 0. The van der Waals surface area contributed by atoms with Crippen molar-refractivity contribution in [3.05, 3.63) is 71.8 Å². The van der Waals surface area contributed by atoms with Crippen LogP contribution in [-0.4, -0.2) is 0 Å². The molecule has 1 aliphatic rings. The zero-order valence-corrected chi connectivity index (χ0v) is 9.98. The first-order valence-electron chi connectivity index (χ1n) is 5.77. The summed E-state index contributed by atoms with van der Waals surface area (Å²) >= 11 is 0. The maximum Gasteiger partial charge on any atom is 0.0124 e. The van der Waals surface area contributed by atoms with Crippen molar-refractivity contribution >= 4 is 0 Å². The summed E-state index contributed by atoms with van der Waals surface area (Å²) in [7, 11) is 0. The van der Waals surface area contributed by atoms with Crippen molar-refractivity contribution in [3.63, 3.8) is 0 Å². The highest BCUT2D eigenvalue weighted by Crippen LogP contribution is 2.36. The van der Waals surface area contributed by atoms with Crippen LogP contribution in [0.5, 0.6) is 0 Å². The second kappa shape index (κ2) is 4.52. The normalized spacial score (nSPS) is 24.0. The van der Waals surface area contributed by atoms with Crippen LogP contribution in [0.3, 0.4) is 0 Å². The van der Waals surface area contributed by atoms with Crippen LogP contribution in [0.4, 0.5) is 0 Å². The Morgan fingerprint density at radius 3 is 2.62 bits per heavy atom. The van der Waals surface area contributed by atoms with E-state index in [9.17, 15) is 0 Å². The molecule has 1 aromatic rings. The van der Waals surface area contributed by atoms with Crippen molar-refractivity contribution in [3.8, 4) is 0 Å². The molecular weight excluding hydrogens is 192 g/mol. The Bertz CT molecular complexity index is 449. The maximum atomic E-state index is 3.97. The van der Waals surface area contributed by atoms with Gasteiger partial charge in [0.2, 0.25) is 0 Å². The number of benzene rings is 1. The van der Waals surface area contributed by atoms with E-state index < -0.39 is 0 Å². The van der Waals surface area contributed by atoms with E-state index in [0.717, 1.165) is 0 Å². The molecule has 0 aromatic heterocycles. The van der Waals surface area contributed by atoms with Crippen molar-refractivity contribution in [2.24, 2.45) is 5.92 Å². The molecule has 2 unspecified atom stereocenters. The Morgan fingerprint density at radius 1 is 1.19 bits per heavy atom. The third-order valence-corrected chi connectivity index (χ3v) is 3.39. The van der Waals surface area contributed by atoms with Crippen LogP contribution >= 0.6 is 0 Å². The molecule has 2 rings (SSSR count). The minimum Gasteiger partial charge on any atom is -0.102 e. The molecule has 0 nitrogen and oxygen atoms in total. The number of rotatable bonds is 2. The van der Waals surface area contributed by atoms with Crippen molar-refractivity contribution in [2.75, 3.05) is 0 Å². The van der Waals surface area contributed by atoms with Gasteiger partial charge < -0.3 is 0 Å². The summed E-state index contributed by atoms with van der Waals surface area (Å²) in [6, 6.07) is 8.61. The monoisotopic (exact) mass is 210 g/mol. The Morgan fingerprint density at radius 2 is 1.94 bits per heavy atom. The van der Waals surface area contributed by atoms with Crippen molar-refractivity contribution < 1.29 is 0 Å². The van der Waals surface area contributed by atoms with Crippen LogP contribution in [0.25, 0.3) is 0 Å². The van der Waals surface area contributed by atoms with E-state index >= 15 is 0 Å². The molecular formula is C16H18. The summed E-state index contributed by atoms with van der Waals surface area (Å²) in [5.41, 5.74) is 4.17. The molecule has 0 heteroatoms. The van der Waals surface area contributed by atoms with Gasteiger partial charge in [-0.25, -0.2) is 0 Å². The summed E-state index contributed by atoms with van der Waals surface area (Å²) in [6.07, 6.45) is 8.68. The average molecular weight is 210 g/mol. The molecule has 0 fully saturated rings. The number of aryl methyl sites for hydroxylation is 1. The fourth-order valence-electron chi connectivity index (χ4n) is 2.43. The summed E-state index contributed by atoms with van der Waals surface area (Å²) in [5, 5.41) is 0. The molecule has 0 saturated heterocycles. The first-order valence-corrected chi connectivity index (χ1v) is 5.77. The lowest BCUT2D eigenvalue weighted by Gasteiger charge is -2.27. The van der Waals surface area contributed by atoms with Gasteiger partial charge in [-0.05, 0) is 25.0 Å². The molecule has 0 saturated carbocycles. The molecule has 2 atom stereocenters. The predicted molar refractivity (Wildman–Crippen MR) is 70.5 cm³/mol. The van der Waals surface area contributed by atoms with Crippen molar-refractivity contribution in [1.82, 2.24) is 0 Å². The van der Waals surface area contributed by atoms with E-state index in [0.29, 0.717) is 11.8 Å². The number of hydrogen-bond donors (Lipinski definition) is 0. The third kappa shape index (κ3) is 1.88. The molecule has 0 bridgehead atoms. The third-order valence-electron chi connectivity index (χ3n) is 3.39. The Labute approximate surface area is 98.0 Å². The molecule has 0 heterocycles. The van der Waals surface area contributed by atoms with E-state index in [-0.39, 0.29) is 0 Å². The molecule has 0 spiro atoms. The molecule has 1 aliphatic carbocycles. The SMILES string of the molecule is C=CC1C(C)=CC=CC1c1ccccc1C.